The van der Waals surface area contributed by atoms with E-state index in [1.807, 2.05) is 54.6 Å². The first-order chi connectivity index (χ1) is 24.3. The molecule has 0 fully saturated rings. The number of methoxy groups -OCH3 is 2. The number of nitriles is 1. The minimum absolute atomic E-state index is 0.238. The molecule has 0 radical (unpaired) electrons. The van der Waals surface area contributed by atoms with Crippen LogP contribution in [0.15, 0.2) is 120 Å². The Morgan fingerprint density at radius 2 is 1.35 bits per heavy atom. The van der Waals surface area contributed by atoms with Crippen LogP contribution in [0.2, 0.25) is 5.02 Å². The number of rotatable bonds is 8. The highest BCUT2D eigenvalue weighted by Crippen LogP contribution is 2.53. The summed E-state index contributed by atoms with van der Waals surface area (Å²) in [6, 6.07) is 34.4. The Labute approximate surface area is 300 Å². The van der Waals surface area contributed by atoms with Crippen LogP contribution in [0.3, 0.4) is 0 Å². The predicted molar refractivity (Wildman–Crippen MR) is 192 cm³/mol. The second kappa shape index (κ2) is 13.3. The van der Waals surface area contributed by atoms with E-state index in [1.165, 1.54) is 45.0 Å². The number of nitrogens with zero attached hydrogens (tertiary/aromatic N) is 2. The summed E-state index contributed by atoms with van der Waals surface area (Å²) in [5.41, 5.74) is -3.12. The zero-order chi connectivity index (χ0) is 36.6. The quantitative estimate of drug-likeness (QED) is 0.163. The highest BCUT2D eigenvalue weighted by atomic mass is 35.5. The van der Waals surface area contributed by atoms with E-state index in [0.717, 1.165) is 11.6 Å². The Hall–Kier alpha value is -5.46. The molecule has 260 valence electrons. The number of nitrogens with one attached hydrogen (secondary N) is 1. The molecule has 0 bridgehead atoms. The Bertz CT molecular complexity index is 2090. The molecule has 6 rings (SSSR count). The van der Waals surface area contributed by atoms with Crippen molar-refractivity contribution in [1.29, 1.82) is 5.26 Å². The second-order valence-corrected chi connectivity index (χ2v) is 13.3. The van der Waals surface area contributed by atoms with Gasteiger partial charge in [-0.1, -0.05) is 72.3 Å². The zero-order valence-corrected chi connectivity index (χ0v) is 29.4. The summed E-state index contributed by atoms with van der Waals surface area (Å²) in [4.78, 5) is 4.57. The van der Waals surface area contributed by atoms with E-state index in [-0.39, 0.29) is 16.6 Å². The number of hydrogen-bond acceptors (Lipinski definition) is 6. The molecule has 0 saturated carbocycles. The first kappa shape index (κ1) is 35.4. The van der Waals surface area contributed by atoms with Crippen molar-refractivity contribution in [3.8, 4) is 28.7 Å². The van der Waals surface area contributed by atoms with Crippen molar-refractivity contribution in [2.45, 2.75) is 43.4 Å². The average Bonchev–Trinajstić information content (AvgIpc) is 3.14. The molecule has 0 unspecified atom stereocenters. The average molecular weight is 710 g/mol. The highest BCUT2D eigenvalue weighted by Gasteiger charge is 2.66. The van der Waals surface area contributed by atoms with Gasteiger partial charge in [0.2, 0.25) is 0 Å². The fraction of sp³-hybridized carbons (Fsp3) is 0.220. The molecule has 1 aliphatic heterocycles. The number of amidine groups is 1. The summed E-state index contributed by atoms with van der Waals surface area (Å²) in [5.74, 6) is -3.40. The van der Waals surface area contributed by atoms with Gasteiger partial charge in [0.15, 0.2) is 11.1 Å². The van der Waals surface area contributed by atoms with Crippen LogP contribution in [0.4, 0.5) is 13.2 Å². The molecule has 1 N–H and O–H groups in total. The van der Waals surface area contributed by atoms with E-state index in [4.69, 9.17) is 25.8 Å². The summed E-state index contributed by atoms with van der Waals surface area (Å²) >= 11 is 6.49. The molecule has 1 aliphatic rings. The third kappa shape index (κ3) is 6.04. The number of benzene rings is 5. The van der Waals surface area contributed by atoms with Crippen LogP contribution < -0.4 is 14.8 Å². The lowest BCUT2D eigenvalue weighted by Gasteiger charge is -2.49. The standard InChI is InChI=1S/C41H35ClF3N3O3/c1-38(2)41(44,45)39(3,34-24-27(12-22-36(34)43)33-23-26(25-46)11-21-35(33)42)47-37(51-38)48-40(28-9-7-6-8-10-28,29-13-17-31(49-4)18-14-29)30-15-19-32(50-5)20-16-30/h6-24H,1-5H3,(H,47,48)/t39-/m1/s1. The van der Waals surface area contributed by atoms with Gasteiger partial charge < -0.3 is 19.5 Å². The largest absolute Gasteiger partial charge is 0.497 e. The number of alkyl halides is 2. The number of aliphatic imine (C=N–C) groups is 1. The fourth-order valence-electron chi connectivity index (χ4n) is 6.60. The summed E-state index contributed by atoms with van der Waals surface area (Å²) in [5, 5.41) is 13.2. The van der Waals surface area contributed by atoms with Gasteiger partial charge in [0.05, 0.1) is 25.9 Å². The van der Waals surface area contributed by atoms with E-state index in [1.54, 1.807) is 44.6 Å². The van der Waals surface area contributed by atoms with Crippen LogP contribution in [-0.2, 0) is 15.8 Å². The van der Waals surface area contributed by atoms with Crippen molar-refractivity contribution in [2.24, 2.45) is 4.99 Å². The number of ether oxygens (including phenoxy) is 3. The molecule has 0 spiro atoms. The molecule has 0 aliphatic carbocycles. The van der Waals surface area contributed by atoms with Gasteiger partial charge in [-0.15, -0.1) is 0 Å². The topological polar surface area (TPSA) is 75.9 Å². The Morgan fingerprint density at radius 1 is 0.784 bits per heavy atom. The van der Waals surface area contributed by atoms with Gasteiger partial charge in [0, 0.05) is 16.1 Å². The number of halogens is 4. The van der Waals surface area contributed by atoms with Gasteiger partial charge in [0.1, 0.15) is 22.9 Å². The van der Waals surface area contributed by atoms with Crippen LogP contribution in [0.1, 0.15) is 48.6 Å². The normalized spacial score (nSPS) is 17.8. The van der Waals surface area contributed by atoms with E-state index < -0.39 is 28.4 Å². The molecule has 0 aromatic heterocycles. The summed E-state index contributed by atoms with van der Waals surface area (Å²) in [6.45, 7) is 3.70. The smallest absolute Gasteiger partial charge is 0.315 e. The van der Waals surface area contributed by atoms with Crippen molar-refractivity contribution >= 4 is 17.6 Å². The summed E-state index contributed by atoms with van der Waals surface area (Å²) in [6.07, 6.45) is 0. The van der Waals surface area contributed by atoms with Gasteiger partial charge >= 0.3 is 5.92 Å². The molecule has 1 atom stereocenters. The summed E-state index contributed by atoms with van der Waals surface area (Å²) < 4.78 is 66.6. The van der Waals surface area contributed by atoms with Crippen molar-refractivity contribution in [3.63, 3.8) is 0 Å². The SMILES string of the molecule is COc1ccc(C(NC2=N[C@](C)(c3cc(-c4cc(C#N)ccc4Cl)ccc3F)C(F)(F)C(C)(C)O2)(c2ccccc2)c2ccc(OC)cc2)cc1. The third-order valence-corrected chi connectivity index (χ3v) is 9.82. The van der Waals surface area contributed by atoms with Crippen LogP contribution in [0.5, 0.6) is 11.5 Å². The van der Waals surface area contributed by atoms with Crippen molar-refractivity contribution in [1.82, 2.24) is 5.32 Å². The second-order valence-electron chi connectivity index (χ2n) is 12.9. The zero-order valence-electron chi connectivity index (χ0n) is 28.6. The highest BCUT2D eigenvalue weighted by molar-refractivity contribution is 6.33. The molecule has 51 heavy (non-hydrogen) atoms. The maximum absolute atomic E-state index is 16.8. The maximum Gasteiger partial charge on any atom is 0.315 e. The minimum atomic E-state index is -3.74. The van der Waals surface area contributed by atoms with E-state index >= 15 is 13.2 Å². The predicted octanol–water partition coefficient (Wildman–Crippen LogP) is 9.63. The van der Waals surface area contributed by atoms with E-state index in [0.29, 0.717) is 39.3 Å². The van der Waals surface area contributed by atoms with Crippen molar-refractivity contribution in [2.75, 3.05) is 14.2 Å². The van der Waals surface area contributed by atoms with E-state index in [9.17, 15) is 5.26 Å². The van der Waals surface area contributed by atoms with E-state index in [2.05, 4.69) is 16.4 Å². The monoisotopic (exact) mass is 709 g/mol. The third-order valence-electron chi connectivity index (χ3n) is 9.49. The number of hydrogen-bond donors (Lipinski definition) is 1. The molecule has 0 amide bonds. The van der Waals surface area contributed by atoms with Gasteiger partial charge in [-0.05, 0) is 97.6 Å². The minimum Gasteiger partial charge on any atom is -0.497 e. The Kier molecular flexibility index (Phi) is 9.26. The van der Waals surface area contributed by atoms with Crippen LogP contribution in [0.25, 0.3) is 11.1 Å². The molecule has 10 heteroatoms. The van der Waals surface area contributed by atoms with Gasteiger partial charge in [-0.3, -0.25) is 0 Å². The molecular formula is C41H35ClF3N3O3. The Morgan fingerprint density at radius 3 is 1.90 bits per heavy atom. The van der Waals surface area contributed by atoms with Gasteiger partial charge in [-0.25, -0.2) is 9.38 Å². The van der Waals surface area contributed by atoms with Crippen molar-refractivity contribution < 1.29 is 27.4 Å². The maximum atomic E-state index is 16.8. The first-order valence-electron chi connectivity index (χ1n) is 16.1. The van der Waals surface area contributed by atoms with Crippen LogP contribution >= 0.6 is 11.6 Å². The van der Waals surface area contributed by atoms with Gasteiger partial charge in [0.25, 0.3) is 6.02 Å². The molecule has 5 aromatic rings. The molecule has 5 aromatic carbocycles. The van der Waals surface area contributed by atoms with Crippen molar-refractivity contribution in [3.05, 3.63) is 154 Å². The van der Waals surface area contributed by atoms with Crippen LogP contribution in [-0.4, -0.2) is 31.8 Å². The first-order valence-corrected chi connectivity index (χ1v) is 16.5. The molecular weight excluding hydrogens is 675 g/mol. The molecule has 0 saturated heterocycles. The summed E-state index contributed by atoms with van der Waals surface area (Å²) in [7, 11) is 3.13. The molecule has 6 nitrogen and oxygen atoms in total. The lowest BCUT2D eigenvalue weighted by molar-refractivity contribution is -0.209. The molecule has 1 heterocycles. The fourth-order valence-corrected chi connectivity index (χ4v) is 6.83. The Balaban J connectivity index is 1.60. The lowest BCUT2D eigenvalue weighted by atomic mass is 9.75. The lowest BCUT2D eigenvalue weighted by Crippen LogP contribution is -2.64. The van der Waals surface area contributed by atoms with Crippen LogP contribution in [0, 0.1) is 17.1 Å². The van der Waals surface area contributed by atoms with Gasteiger partial charge in [-0.2, -0.15) is 14.0 Å².